The molecule has 0 atom stereocenters. The Hall–Kier alpha value is -2.85. The summed E-state index contributed by atoms with van der Waals surface area (Å²) < 4.78 is 1.15. The third-order valence-corrected chi connectivity index (χ3v) is 2.46. The number of nitriles is 1. The van der Waals surface area contributed by atoms with Crippen molar-refractivity contribution in [2.75, 3.05) is 10.8 Å². The number of nitrogens with one attached hydrogen (secondary N) is 1. The van der Waals surface area contributed by atoms with E-state index in [4.69, 9.17) is 16.4 Å². The van der Waals surface area contributed by atoms with Gasteiger partial charge in [0.25, 0.3) is 0 Å². The third kappa shape index (κ3) is 2.70. The van der Waals surface area contributed by atoms with Crippen LogP contribution in [0.1, 0.15) is 5.56 Å². The highest BCUT2D eigenvalue weighted by Gasteiger charge is 2.12. The van der Waals surface area contributed by atoms with Crippen LogP contribution in [0.5, 0.6) is 0 Å². The lowest BCUT2D eigenvalue weighted by Crippen LogP contribution is -2.32. The Labute approximate surface area is 109 Å². The Balaban J connectivity index is 2.24. The van der Waals surface area contributed by atoms with Crippen LogP contribution in [0.3, 0.4) is 0 Å². The zero-order valence-electron chi connectivity index (χ0n) is 9.98. The van der Waals surface area contributed by atoms with E-state index >= 15 is 0 Å². The Morgan fingerprint density at radius 3 is 3.00 bits per heavy atom. The van der Waals surface area contributed by atoms with E-state index < -0.39 is 0 Å². The lowest BCUT2D eigenvalue weighted by Gasteiger charge is -2.17. The van der Waals surface area contributed by atoms with E-state index in [1.54, 1.807) is 24.3 Å². The van der Waals surface area contributed by atoms with Gasteiger partial charge in [-0.1, -0.05) is 12.1 Å². The SMILES string of the molecule is N#CCc1cccc(N(O)C(=N)n2cc(N)cn2)c1. The van der Waals surface area contributed by atoms with Crippen molar-refractivity contribution in [1.82, 2.24) is 9.78 Å². The fourth-order valence-corrected chi connectivity index (χ4v) is 1.56. The minimum Gasteiger partial charge on any atom is -0.396 e. The second kappa shape index (κ2) is 5.20. The average Bonchev–Trinajstić information content (AvgIpc) is 2.84. The van der Waals surface area contributed by atoms with E-state index in [1.165, 1.54) is 12.4 Å². The zero-order valence-corrected chi connectivity index (χ0v) is 9.98. The number of anilines is 2. The van der Waals surface area contributed by atoms with Crippen molar-refractivity contribution in [3.63, 3.8) is 0 Å². The van der Waals surface area contributed by atoms with Crippen LogP contribution in [-0.2, 0) is 6.42 Å². The van der Waals surface area contributed by atoms with Gasteiger partial charge in [0.2, 0.25) is 5.96 Å². The van der Waals surface area contributed by atoms with Crippen LogP contribution < -0.4 is 10.8 Å². The average molecular weight is 256 g/mol. The van der Waals surface area contributed by atoms with Crippen molar-refractivity contribution in [2.45, 2.75) is 6.42 Å². The van der Waals surface area contributed by atoms with E-state index in [2.05, 4.69) is 5.10 Å². The molecule has 0 radical (unpaired) electrons. The van der Waals surface area contributed by atoms with Crippen LogP contribution in [-0.4, -0.2) is 20.9 Å². The topological polar surface area (TPSA) is 115 Å². The predicted octanol–water partition coefficient (Wildman–Crippen LogP) is 1.21. The van der Waals surface area contributed by atoms with Gasteiger partial charge in [-0.05, 0) is 17.7 Å². The highest BCUT2D eigenvalue weighted by atomic mass is 16.5. The summed E-state index contributed by atoms with van der Waals surface area (Å²) >= 11 is 0. The van der Waals surface area contributed by atoms with Crippen LogP contribution in [0.25, 0.3) is 0 Å². The van der Waals surface area contributed by atoms with Crippen LogP contribution in [0.4, 0.5) is 11.4 Å². The van der Waals surface area contributed by atoms with Crippen molar-refractivity contribution in [3.8, 4) is 6.07 Å². The lowest BCUT2D eigenvalue weighted by atomic mass is 10.1. The van der Waals surface area contributed by atoms with Crippen molar-refractivity contribution in [1.29, 1.82) is 10.7 Å². The molecule has 4 N–H and O–H groups in total. The molecule has 0 aliphatic rings. The Bertz CT molecular complexity index is 642. The van der Waals surface area contributed by atoms with E-state index in [1.807, 2.05) is 6.07 Å². The summed E-state index contributed by atoms with van der Waals surface area (Å²) in [6.45, 7) is 0. The summed E-state index contributed by atoms with van der Waals surface area (Å²) in [5, 5.41) is 30.9. The van der Waals surface area contributed by atoms with Crippen LogP contribution in [0, 0.1) is 16.7 Å². The quantitative estimate of drug-likeness (QED) is 0.424. The van der Waals surface area contributed by atoms with E-state index in [0.717, 1.165) is 10.2 Å². The minimum absolute atomic E-state index is 0.240. The van der Waals surface area contributed by atoms with Crippen LogP contribution in [0.2, 0.25) is 0 Å². The van der Waals surface area contributed by atoms with Gasteiger partial charge in [-0.15, -0.1) is 0 Å². The normalized spacial score (nSPS) is 9.89. The first-order chi connectivity index (χ1) is 9.11. The van der Waals surface area contributed by atoms with Crippen LogP contribution >= 0.6 is 0 Å². The lowest BCUT2D eigenvalue weighted by molar-refractivity contribution is 0.306. The molecular formula is C12H12N6O. The summed E-state index contributed by atoms with van der Waals surface area (Å²) in [6.07, 6.45) is 3.04. The summed E-state index contributed by atoms with van der Waals surface area (Å²) in [7, 11) is 0. The number of hydrogen-bond donors (Lipinski definition) is 3. The second-order valence-corrected chi connectivity index (χ2v) is 3.86. The molecule has 0 bridgehead atoms. The van der Waals surface area contributed by atoms with Crippen LogP contribution in [0.15, 0.2) is 36.7 Å². The molecule has 19 heavy (non-hydrogen) atoms. The third-order valence-electron chi connectivity index (χ3n) is 2.46. The number of nitrogen functional groups attached to an aromatic ring is 1. The van der Waals surface area contributed by atoms with Gasteiger partial charge in [-0.3, -0.25) is 10.6 Å². The maximum atomic E-state index is 9.97. The minimum atomic E-state index is -0.259. The molecule has 2 rings (SSSR count). The van der Waals surface area contributed by atoms with Gasteiger partial charge < -0.3 is 5.73 Å². The van der Waals surface area contributed by atoms with Crippen molar-refractivity contribution in [3.05, 3.63) is 42.2 Å². The number of hydroxylamine groups is 1. The molecule has 1 aromatic carbocycles. The maximum absolute atomic E-state index is 9.97. The van der Waals surface area contributed by atoms with E-state index in [9.17, 15) is 5.21 Å². The van der Waals surface area contributed by atoms with Crippen molar-refractivity contribution >= 4 is 17.3 Å². The molecule has 0 saturated carbocycles. The number of rotatable bonds is 2. The number of aromatic nitrogens is 2. The molecule has 0 unspecified atom stereocenters. The van der Waals surface area contributed by atoms with Gasteiger partial charge in [0.15, 0.2) is 0 Å². The highest BCUT2D eigenvalue weighted by molar-refractivity contribution is 5.92. The second-order valence-electron chi connectivity index (χ2n) is 3.86. The number of nitrogens with two attached hydrogens (primary N) is 1. The van der Waals surface area contributed by atoms with E-state index in [-0.39, 0.29) is 12.4 Å². The molecule has 0 aliphatic carbocycles. The summed E-state index contributed by atoms with van der Waals surface area (Å²) in [6, 6.07) is 8.76. The Morgan fingerprint density at radius 2 is 2.37 bits per heavy atom. The van der Waals surface area contributed by atoms with Gasteiger partial charge in [-0.2, -0.15) is 15.4 Å². The number of benzene rings is 1. The first-order valence-electron chi connectivity index (χ1n) is 5.46. The molecule has 7 heteroatoms. The molecule has 7 nitrogen and oxygen atoms in total. The van der Waals surface area contributed by atoms with Gasteiger partial charge in [0, 0.05) is 0 Å². The number of nitrogens with zero attached hydrogens (tertiary/aromatic N) is 4. The van der Waals surface area contributed by atoms with Gasteiger partial charge in [0.1, 0.15) is 0 Å². The Kier molecular flexibility index (Phi) is 3.45. The standard InChI is InChI=1S/C12H12N6O/c13-5-4-9-2-1-3-11(6-9)18(19)12(15)17-8-10(14)7-16-17/h1-3,6-8,15,19H,4,14H2. The molecule has 1 heterocycles. The molecule has 0 spiro atoms. The molecule has 2 aromatic rings. The van der Waals surface area contributed by atoms with Gasteiger partial charge in [-0.25, -0.2) is 4.68 Å². The molecule has 1 aromatic heterocycles. The first kappa shape index (κ1) is 12.6. The molecule has 0 aliphatic heterocycles. The smallest absolute Gasteiger partial charge is 0.248 e. The van der Waals surface area contributed by atoms with Gasteiger partial charge in [0.05, 0.1) is 36.3 Å². The predicted molar refractivity (Wildman–Crippen MR) is 69.8 cm³/mol. The highest BCUT2D eigenvalue weighted by Crippen LogP contribution is 2.16. The first-order valence-corrected chi connectivity index (χ1v) is 5.46. The van der Waals surface area contributed by atoms with E-state index in [0.29, 0.717) is 16.4 Å². The fourth-order valence-electron chi connectivity index (χ4n) is 1.56. The number of hydrogen-bond acceptors (Lipinski definition) is 5. The monoisotopic (exact) mass is 256 g/mol. The van der Waals surface area contributed by atoms with Crippen molar-refractivity contribution < 1.29 is 5.21 Å². The molecule has 0 amide bonds. The zero-order chi connectivity index (χ0) is 13.8. The maximum Gasteiger partial charge on any atom is 0.248 e. The van der Waals surface area contributed by atoms with Crippen molar-refractivity contribution in [2.24, 2.45) is 0 Å². The van der Waals surface area contributed by atoms with Gasteiger partial charge >= 0.3 is 0 Å². The largest absolute Gasteiger partial charge is 0.396 e. The molecule has 0 fully saturated rings. The Morgan fingerprint density at radius 1 is 1.58 bits per heavy atom. The summed E-state index contributed by atoms with van der Waals surface area (Å²) in [5.41, 5.74) is 7.04. The fraction of sp³-hybridized carbons (Fsp3) is 0.0833. The summed E-state index contributed by atoms with van der Waals surface area (Å²) in [5.74, 6) is -0.259. The molecular weight excluding hydrogens is 244 g/mol. The summed E-state index contributed by atoms with van der Waals surface area (Å²) in [4.78, 5) is 0. The molecule has 96 valence electrons. The molecule has 0 saturated heterocycles.